The van der Waals surface area contributed by atoms with Crippen LogP contribution in [0.5, 0.6) is 0 Å². The molecule has 0 saturated heterocycles. The molecular formula is C18H13NO2S. The maximum Gasteiger partial charge on any atom is 0.207 e. The molecule has 3 rings (SSSR count). The maximum absolute atomic E-state index is 12.2. The minimum atomic E-state index is -0.0318. The first kappa shape index (κ1) is 14.4. The van der Waals surface area contributed by atoms with E-state index in [-0.39, 0.29) is 5.78 Å². The van der Waals surface area contributed by atoms with Crippen LogP contribution in [0, 0.1) is 11.3 Å². The van der Waals surface area contributed by atoms with Crippen molar-refractivity contribution >= 4 is 28.5 Å². The summed E-state index contributed by atoms with van der Waals surface area (Å²) in [6.45, 7) is 0. The van der Waals surface area contributed by atoms with Gasteiger partial charge < -0.3 is 4.42 Å². The van der Waals surface area contributed by atoms with E-state index >= 15 is 0 Å². The molecule has 22 heavy (non-hydrogen) atoms. The van der Waals surface area contributed by atoms with Crippen molar-refractivity contribution in [3.63, 3.8) is 0 Å². The number of thioether (sulfide) groups is 1. The van der Waals surface area contributed by atoms with E-state index in [2.05, 4.69) is 6.07 Å². The summed E-state index contributed by atoms with van der Waals surface area (Å²) < 4.78 is 5.56. The third-order valence-corrected chi connectivity index (χ3v) is 4.31. The summed E-state index contributed by atoms with van der Waals surface area (Å²) in [6.07, 6.45) is 0. The SMILES string of the molecule is N#Cc1ccccc1CSCC(=O)c1cc2ccccc2o1. The molecule has 0 N–H and O–H groups in total. The van der Waals surface area contributed by atoms with Crippen LogP contribution in [0.25, 0.3) is 11.0 Å². The Labute approximate surface area is 132 Å². The average molecular weight is 307 g/mol. The highest BCUT2D eigenvalue weighted by Crippen LogP contribution is 2.22. The van der Waals surface area contributed by atoms with Crippen molar-refractivity contribution in [2.75, 3.05) is 5.75 Å². The summed E-state index contributed by atoms with van der Waals surface area (Å²) >= 11 is 1.49. The van der Waals surface area contributed by atoms with Crippen molar-refractivity contribution in [2.24, 2.45) is 0 Å². The van der Waals surface area contributed by atoms with Gasteiger partial charge in [0, 0.05) is 11.1 Å². The van der Waals surface area contributed by atoms with Crippen molar-refractivity contribution in [3.05, 3.63) is 71.5 Å². The average Bonchev–Trinajstić information content (AvgIpc) is 2.99. The normalized spacial score (nSPS) is 10.5. The van der Waals surface area contributed by atoms with Crippen LogP contribution in [0.3, 0.4) is 0 Å². The lowest BCUT2D eigenvalue weighted by Gasteiger charge is -2.02. The van der Waals surface area contributed by atoms with Crippen molar-refractivity contribution in [1.82, 2.24) is 0 Å². The van der Waals surface area contributed by atoms with E-state index in [9.17, 15) is 4.79 Å². The minimum absolute atomic E-state index is 0.0318. The van der Waals surface area contributed by atoms with Gasteiger partial charge in [-0.3, -0.25) is 4.79 Å². The van der Waals surface area contributed by atoms with Crippen LogP contribution in [0.2, 0.25) is 0 Å². The molecule has 4 heteroatoms. The Morgan fingerprint density at radius 3 is 2.73 bits per heavy atom. The second-order valence-corrected chi connectivity index (χ2v) is 5.82. The Hall–Kier alpha value is -2.51. The standard InChI is InChI=1S/C18H13NO2S/c19-10-14-6-1-2-7-15(14)11-22-12-16(20)18-9-13-5-3-4-8-17(13)21-18/h1-9H,11-12H2. The fourth-order valence-corrected chi connectivity index (χ4v) is 3.10. The second-order valence-electron chi connectivity index (χ2n) is 4.83. The quantitative estimate of drug-likeness (QED) is 0.655. The molecule has 0 atom stereocenters. The molecule has 3 nitrogen and oxygen atoms in total. The zero-order chi connectivity index (χ0) is 15.4. The summed E-state index contributed by atoms with van der Waals surface area (Å²) in [5.41, 5.74) is 2.34. The van der Waals surface area contributed by atoms with E-state index in [0.29, 0.717) is 22.8 Å². The van der Waals surface area contributed by atoms with Crippen LogP contribution < -0.4 is 0 Å². The van der Waals surface area contributed by atoms with Gasteiger partial charge in [0.25, 0.3) is 0 Å². The van der Waals surface area contributed by atoms with Gasteiger partial charge in [-0.15, -0.1) is 11.8 Å². The van der Waals surface area contributed by atoms with Crippen LogP contribution in [-0.2, 0) is 5.75 Å². The lowest BCUT2D eigenvalue weighted by molar-refractivity contribution is 0.0994. The van der Waals surface area contributed by atoms with Gasteiger partial charge in [-0.05, 0) is 23.8 Å². The number of Topliss-reactive ketones (excluding diaryl/α,β-unsaturated/α-hetero) is 1. The van der Waals surface area contributed by atoms with Crippen LogP contribution in [-0.4, -0.2) is 11.5 Å². The van der Waals surface area contributed by atoms with Gasteiger partial charge in [-0.25, -0.2) is 0 Å². The second kappa shape index (κ2) is 6.50. The van der Waals surface area contributed by atoms with Crippen LogP contribution >= 0.6 is 11.8 Å². The monoisotopic (exact) mass is 307 g/mol. The Kier molecular flexibility index (Phi) is 4.27. The van der Waals surface area contributed by atoms with E-state index in [0.717, 1.165) is 16.5 Å². The fourth-order valence-electron chi connectivity index (χ4n) is 2.20. The largest absolute Gasteiger partial charge is 0.453 e. The molecule has 0 spiro atoms. The maximum atomic E-state index is 12.2. The zero-order valence-electron chi connectivity index (χ0n) is 11.8. The topological polar surface area (TPSA) is 54.0 Å². The number of nitrogens with zero attached hydrogens (tertiary/aromatic N) is 1. The van der Waals surface area contributed by atoms with Crippen molar-refractivity contribution in [3.8, 4) is 6.07 Å². The molecule has 1 heterocycles. The summed E-state index contributed by atoms with van der Waals surface area (Å²) in [5.74, 6) is 1.33. The van der Waals surface area contributed by atoms with Gasteiger partial charge in [-0.1, -0.05) is 36.4 Å². The first-order valence-corrected chi connectivity index (χ1v) is 8.01. The number of benzene rings is 2. The van der Waals surface area contributed by atoms with Crippen molar-refractivity contribution < 1.29 is 9.21 Å². The highest BCUT2D eigenvalue weighted by atomic mass is 32.2. The highest BCUT2D eigenvalue weighted by Gasteiger charge is 2.12. The molecule has 0 radical (unpaired) electrons. The fraction of sp³-hybridized carbons (Fsp3) is 0.111. The van der Waals surface area contributed by atoms with Gasteiger partial charge in [-0.2, -0.15) is 5.26 Å². The Balaban J connectivity index is 1.64. The number of nitriles is 1. The number of hydrogen-bond donors (Lipinski definition) is 0. The minimum Gasteiger partial charge on any atom is -0.453 e. The van der Waals surface area contributed by atoms with Crippen LogP contribution in [0.4, 0.5) is 0 Å². The molecule has 0 fully saturated rings. The highest BCUT2D eigenvalue weighted by molar-refractivity contribution is 7.99. The summed E-state index contributed by atoms with van der Waals surface area (Å²) in [6, 6.07) is 19.0. The molecule has 2 aromatic carbocycles. The zero-order valence-corrected chi connectivity index (χ0v) is 12.6. The van der Waals surface area contributed by atoms with Gasteiger partial charge in [0.1, 0.15) is 5.58 Å². The van der Waals surface area contributed by atoms with E-state index in [1.165, 1.54) is 11.8 Å². The molecule has 0 aliphatic rings. The lowest BCUT2D eigenvalue weighted by atomic mass is 10.1. The number of carbonyl (C=O) groups excluding carboxylic acids is 1. The molecule has 0 amide bonds. The van der Waals surface area contributed by atoms with Gasteiger partial charge >= 0.3 is 0 Å². The van der Waals surface area contributed by atoms with Crippen LogP contribution in [0.1, 0.15) is 21.7 Å². The molecule has 0 aliphatic carbocycles. The van der Waals surface area contributed by atoms with Gasteiger partial charge in [0.05, 0.1) is 17.4 Å². The Morgan fingerprint density at radius 1 is 1.14 bits per heavy atom. The third kappa shape index (κ3) is 3.05. The van der Waals surface area contributed by atoms with E-state index < -0.39 is 0 Å². The number of furan rings is 1. The van der Waals surface area contributed by atoms with Crippen LogP contribution in [0.15, 0.2) is 59.0 Å². The number of para-hydroxylation sites is 1. The Morgan fingerprint density at radius 2 is 1.91 bits per heavy atom. The molecule has 0 aliphatic heterocycles. The predicted molar refractivity (Wildman–Crippen MR) is 87.9 cm³/mol. The van der Waals surface area contributed by atoms with Crippen molar-refractivity contribution in [1.29, 1.82) is 5.26 Å². The van der Waals surface area contributed by atoms with Gasteiger partial charge in [0.2, 0.25) is 5.78 Å². The first-order chi connectivity index (χ1) is 10.8. The van der Waals surface area contributed by atoms with E-state index in [4.69, 9.17) is 9.68 Å². The molecular weight excluding hydrogens is 294 g/mol. The molecule has 0 unspecified atom stereocenters. The molecule has 0 saturated carbocycles. The lowest BCUT2D eigenvalue weighted by Crippen LogP contribution is -2.01. The summed E-state index contributed by atoms with van der Waals surface area (Å²) in [7, 11) is 0. The van der Waals surface area contributed by atoms with E-state index in [1.807, 2.05) is 42.5 Å². The smallest absolute Gasteiger partial charge is 0.207 e. The number of fused-ring (bicyclic) bond motifs is 1. The molecule has 0 bridgehead atoms. The number of ketones is 1. The van der Waals surface area contributed by atoms with Crippen molar-refractivity contribution in [2.45, 2.75) is 5.75 Å². The molecule has 108 valence electrons. The number of carbonyl (C=O) groups is 1. The number of hydrogen-bond acceptors (Lipinski definition) is 4. The first-order valence-electron chi connectivity index (χ1n) is 6.85. The van der Waals surface area contributed by atoms with Gasteiger partial charge in [0.15, 0.2) is 5.76 Å². The summed E-state index contributed by atoms with van der Waals surface area (Å²) in [4.78, 5) is 12.2. The van der Waals surface area contributed by atoms with E-state index in [1.54, 1.807) is 12.1 Å². The Bertz CT molecular complexity index is 828. The predicted octanol–water partition coefficient (Wildman–Crippen LogP) is 4.42. The third-order valence-electron chi connectivity index (χ3n) is 3.33. The summed E-state index contributed by atoms with van der Waals surface area (Å²) in [5, 5.41) is 9.98. The molecule has 3 aromatic rings. The number of rotatable bonds is 5. The molecule has 1 aromatic heterocycles.